The average Bonchev–Trinajstić information content (AvgIpc) is 2.22. The summed E-state index contributed by atoms with van der Waals surface area (Å²) in [5.74, 6) is -0.581. The molecule has 0 radical (unpaired) electrons. The van der Waals surface area contributed by atoms with Crippen molar-refractivity contribution in [3.63, 3.8) is 0 Å². The lowest BCUT2D eigenvalue weighted by Gasteiger charge is -2.14. The van der Waals surface area contributed by atoms with Crippen LogP contribution >= 0.6 is 28.1 Å². The quantitative estimate of drug-likeness (QED) is 0.840. The minimum atomic E-state index is -0.418. The van der Waals surface area contributed by atoms with Crippen LogP contribution in [0.25, 0.3) is 0 Å². The summed E-state index contributed by atoms with van der Waals surface area (Å²) in [5, 5.41) is 2.82. The van der Waals surface area contributed by atoms with Gasteiger partial charge in [-0.3, -0.25) is 4.79 Å². The van der Waals surface area contributed by atoms with E-state index in [0.717, 1.165) is 15.7 Å². The van der Waals surface area contributed by atoms with Crippen LogP contribution in [0.4, 0.5) is 5.69 Å². The Balaban J connectivity index is 2.84. The first kappa shape index (κ1) is 14.1. The van der Waals surface area contributed by atoms with Gasteiger partial charge in [0.05, 0.1) is 16.6 Å². The summed E-state index contributed by atoms with van der Waals surface area (Å²) in [6.07, 6.45) is 0.602. The molecule has 0 bridgehead atoms. The number of aryl methyl sites for hydroxylation is 1. The second kappa shape index (κ2) is 6.12. The molecule has 1 aromatic carbocycles. The van der Waals surface area contributed by atoms with Crippen LogP contribution in [0, 0.1) is 12.8 Å². The van der Waals surface area contributed by atoms with E-state index >= 15 is 0 Å². The predicted octanol–water partition coefficient (Wildman–Crippen LogP) is 3.01. The molecule has 0 aromatic heterocycles. The minimum absolute atomic E-state index is 0.162. The first-order valence-corrected chi connectivity index (χ1v) is 6.52. The van der Waals surface area contributed by atoms with Gasteiger partial charge in [-0.25, -0.2) is 0 Å². The number of carbonyl (C=O) groups is 1. The van der Waals surface area contributed by atoms with E-state index in [9.17, 15) is 4.79 Å². The molecule has 17 heavy (non-hydrogen) atoms. The number of hydrogen-bond acceptors (Lipinski definition) is 2. The highest BCUT2D eigenvalue weighted by Gasteiger charge is 2.19. The number of halogens is 1. The smallest absolute Gasteiger partial charge is 0.234 e. The molecule has 1 amide bonds. The maximum absolute atomic E-state index is 11.9. The molecule has 92 valence electrons. The molecule has 1 unspecified atom stereocenters. The molecule has 0 heterocycles. The second-order valence-corrected chi connectivity index (χ2v) is 5.16. The number of nitrogens with two attached hydrogens (primary N) is 1. The largest absolute Gasteiger partial charge is 0.393 e. The molecule has 0 spiro atoms. The fourth-order valence-corrected chi connectivity index (χ4v) is 2.32. The summed E-state index contributed by atoms with van der Waals surface area (Å²) in [7, 11) is 0. The van der Waals surface area contributed by atoms with Crippen molar-refractivity contribution in [2.24, 2.45) is 11.7 Å². The summed E-state index contributed by atoms with van der Waals surface area (Å²) >= 11 is 8.27. The SMILES string of the molecule is CCC(C(=O)Nc1ccc(C)cc1Br)C(N)=S. The van der Waals surface area contributed by atoms with E-state index in [0.29, 0.717) is 6.42 Å². The minimum Gasteiger partial charge on any atom is -0.393 e. The monoisotopic (exact) mass is 314 g/mol. The van der Waals surface area contributed by atoms with Gasteiger partial charge < -0.3 is 11.1 Å². The molecule has 0 saturated heterocycles. The van der Waals surface area contributed by atoms with E-state index in [1.54, 1.807) is 0 Å². The van der Waals surface area contributed by atoms with Crippen LogP contribution in [0.15, 0.2) is 22.7 Å². The molecule has 0 aliphatic rings. The average molecular weight is 315 g/mol. The maximum Gasteiger partial charge on any atom is 0.234 e. The molecule has 1 aromatic rings. The van der Waals surface area contributed by atoms with Crippen LogP contribution in [0.5, 0.6) is 0 Å². The Hall–Kier alpha value is -0.940. The van der Waals surface area contributed by atoms with Gasteiger partial charge in [-0.15, -0.1) is 0 Å². The highest BCUT2D eigenvalue weighted by molar-refractivity contribution is 9.10. The Kier molecular flexibility index (Phi) is 5.08. The number of carbonyl (C=O) groups excluding carboxylic acids is 1. The third-order valence-corrected chi connectivity index (χ3v) is 3.39. The van der Waals surface area contributed by atoms with Gasteiger partial charge in [-0.05, 0) is 47.0 Å². The van der Waals surface area contributed by atoms with Gasteiger partial charge in [0.2, 0.25) is 5.91 Å². The highest BCUT2D eigenvalue weighted by Crippen LogP contribution is 2.24. The fourth-order valence-electron chi connectivity index (χ4n) is 1.46. The number of hydrogen-bond donors (Lipinski definition) is 2. The first-order valence-electron chi connectivity index (χ1n) is 5.32. The highest BCUT2D eigenvalue weighted by atomic mass is 79.9. The topological polar surface area (TPSA) is 55.1 Å². The van der Waals surface area contributed by atoms with Gasteiger partial charge in [0.15, 0.2) is 0 Å². The second-order valence-electron chi connectivity index (χ2n) is 3.84. The van der Waals surface area contributed by atoms with Crippen LogP contribution in [0.1, 0.15) is 18.9 Å². The molecule has 1 atom stereocenters. The first-order chi connectivity index (χ1) is 7.95. The van der Waals surface area contributed by atoms with Crippen LogP contribution in [-0.2, 0) is 4.79 Å². The van der Waals surface area contributed by atoms with Gasteiger partial charge in [-0.2, -0.15) is 0 Å². The Morgan fingerprint density at radius 1 is 1.59 bits per heavy atom. The van der Waals surface area contributed by atoms with Crippen molar-refractivity contribution in [3.8, 4) is 0 Å². The van der Waals surface area contributed by atoms with Crippen molar-refractivity contribution >= 4 is 44.7 Å². The number of benzene rings is 1. The molecule has 3 nitrogen and oxygen atoms in total. The van der Waals surface area contributed by atoms with Crippen molar-refractivity contribution in [2.75, 3.05) is 5.32 Å². The fraction of sp³-hybridized carbons (Fsp3) is 0.333. The Bertz CT molecular complexity index is 448. The van der Waals surface area contributed by atoms with Crippen molar-refractivity contribution in [3.05, 3.63) is 28.2 Å². The molecule has 0 aliphatic carbocycles. The Morgan fingerprint density at radius 2 is 2.24 bits per heavy atom. The van der Waals surface area contributed by atoms with E-state index in [-0.39, 0.29) is 10.9 Å². The molecule has 3 N–H and O–H groups in total. The van der Waals surface area contributed by atoms with Crippen LogP contribution in [0.2, 0.25) is 0 Å². The van der Waals surface area contributed by atoms with E-state index in [4.69, 9.17) is 18.0 Å². The van der Waals surface area contributed by atoms with Gasteiger partial charge in [-0.1, -0.05) is 25.2 Å². The van der Waals surface area contributed by atoms with Gasteiger partial charge in [0.25, 0.3) is 0 Å². The zero-order chi connectivity index (χ0) is 13.0. The number of anilines is 1. The number of thiocarbonyl (C=S) groups is 1. The standard InChI is InChI=1S/C12H15BrN2OS/c1-3-8(11(14)17)12(16)15-10-5-4-7(2)6-9(10)13/h4-6,8H,3H2,1-2H3,(H2,14,17)(H,15,16). The zero-order valence-electron chi connectivity index (χ0n) is 9.79. The van der Waals surface area contributed by atoms with E-state index in [1.807, 2.05) is 32.0 Å². The summed E-state index contributed by atoms with van der Waals surface area (Å²) in [4.78, 5) is 12.2. The molecule has 5 heteroatoms. The zero-order valence-corrected chi connectivity index (χ0v) is 12.2. The van der Waals surface area contributed by atoms with Crippen molar-refractivity contribution < 1.29 is 4.79 Å². The van der Waals surface area contributed by atoms with E-state index < -0.39 is 5.92 Å². The normalized spacial score (nSPS) is 11.9. The van der Waals surface area contributed by atoms with Crippen LogP contribution in [0.3, 0.4) is 0 Å². The van der Waals surface area contributed by atoms with E-state index in [2.05, 4.69) is 21.2 Å². The summed E-state index contributed by atoms with van der Waals surface area (Å²) in [5.41, 5.74) is 7.38. The van der Waals surface area contributed by atoms with E-state index in [1.165, 1.54) is 0 Å². The lowest BCUT2D eigenvalue weighted by atomic mass is 10.1. The van der Waals surface area contributed by atoms with Crippen molar-refractivity contribution in [1.82, 2.24) is 0 Å². The van der Waals surface area contributed by atoms with Crippen molar-refractivity contribution in [2.45, 2.75) is 20.3 Å². The third-order valence-electron chi connectivity index (χ3n) is 2.45. The summed E-state index contributed by atoms with van der Waals surface area (Å²) < 4.78 is 0.851. The molecule has 0 fully saturated rings. The molecular formula is C12H15BrN2OS. The summed E-state index contributed by atoms with van der Waals surface area (Å²) in [6.45, 7) is 3.87. The Morgan fingerprint density at radius 3 is 2.71 bits per heavy atom. The van der Waals surface area contributed by atoms with Crippen LogP contribution in [-0.4, -0.2) is 10.9 Å². The lowest BCUT2D eigenvalue weighted by Crippen LogP contribution is -2.32. The molecular weight excluding hydrogens is 300 g/mol. The molecule has 0 aliphatic heterocycles. The number of rotatable bonds is 4. The predicted molar refractivity (Wildman–Crippen MR) is 78.1 cm³/mol. The van der Waals surface area contributed by atoms with Crippen LogP contribution < -0.4 is 11.1 Å². The summed E-state index contributed by atoms with van der Waals surface area (Å²) in [6, 6.07) is 5.73. The van der Waals surface area contributed by atoms with Gasteiger partial charge in [0, 0.05) is 4.47 Å². The number of amides is 1. The third kappa shape index (κ3) is 3.78. The Labute approximate surface area is 115 Å². The molecule has 0 saturated carbocycles. The number of nitrogens with one attached hydrogen (secondary N) is 1. The van der Waals surface area contributed by atoms with Crippen molar-refractivity contribution in [1.29, 1.82) is 0 Å². The lowest BCUT2D eigenvalue weighted by molar-refractivity contribution is -0.118. The van der Waals surface area contributed by atoms with Gasteiger partial charge in [0.1, 0.15) is 0 Å². The van der Waals surface area contributed by atoms with Gasteiger partial charge >= 0.3 is 0 Å². The molecule has 1 rings (SSSR count). The maximum atomic E-state index is 11.9.